The molecule has 0 atom stereocenters. The number of fused-ring (bicyclic) bond motifs is 3. The van der Waals surface area contributed by atoms with E-state index in [2.05, 4.69) is 10.1 Å². The molecule has 4 nitrogen and oxygen atoms in total. The van der Waals surface area contributed by atoms with Crippen molar-refractivity contribution in [3.05, 3.63) is 36.1 Å². The van der Waals surface area contributed by atoms with Crippen molar-refractivity contribution >= 4 is 28.2 Å². The summed E-state index contributed by atoms with van der Waals surface area (Å²) in [6, 6.07) is 9.70. The van der Waals surface area contributed by atoms with E-state index < -0.39 is 0 Å². The van der Waals surface area contributed by atoms with Gasteiger partial charge in [-0.2, -0.15) is 0 Å². The van der Waals surface area contributed by atoms with Crippen LogP contribution in [0.5, 0.6) is 0 Å². The Labute approximate surface area is 84.8 Å². The summed E-state index contributed by atoms with van der Waals surface area (Å²) in [5.74, 6) is 0.532. The molecular weight excluding hydrogens is 192 g/mol. The lowest BCUT2D eigenvalue weighted by Gasteiger charge is -1.87. The molecule has 2 heterocycles. The van der Waals surface area contributed by atoms with Gasteiger partial charge in [0.15, 0.2) is 11.3 Å². The van der Waals surface area contributed by atoms with Crippen molar-refractivity contribution < 1.29 is 9.62 Å². The van der Waals surface area contributed by atoms with Gasteiger partial charge in [0.2, 0.25) is 0 Å². The number of hydrogen-bond donors (Lipinski definition) is 2. The van der Waals surface area contributed by atoms with Crippen molar-refractivity contribution in [2.75, 3.05) is 0 Å². The molecule has 3 aromatic rings. The minimum atomic E-state index is 0.532. The van der Waals surface area contributed by atoms with Crippen LogP contribution in [0.4, 0.5) is 0 Å². The van der Waals surface area contributed by atoms with Gasteiger partial charge in [-0.15, -0.1) is 0 Å². The van der Waals surface area contributed by atoms with E-state index in [0.29, 0.717) is 5.76 Å². The number of oxime groups is 1. The molecule has 0 amide bonds. The Morgan fingerprint density at radius 3 is 3.00 bits per heavy atom. The van der Waals surface area contributed by atoms with Crippen LogP contribution >= 0.6 is 0 Å². The summed E-state index contributed by atoms with van der Waals surface area (Å²) in [5, 5.41) is 12.4. The van der Waals surface area contributed by atoms with E-state index in [1.54, 1.807) is 6.07 Å². The van der Waals surface area contributed by atoms with E-state index in [1.807, 2.05) is 24.3 Å². The average Bonchev–Trinajstić information content (AvgIpc) is 2.75. The average molecular weight is 200 g/mol. The van der Waals surface area contributed by atoms with Crippen LogP contribution in [-0.2, 0) is 0 Å². The molecular formula is C11H8N2O2. The molecule has 0 saturated heterocycles. The van der Waals surface area contributed by atoms with Crippen molar-refractivity contribution in [2.45, 2.75) is 0 Å². The molecule has 2 aromatic heterocycles. The van der Waals surface area contributed by atoms with Gasteiger partial charge in [0.25, 0.3) is 0 Å². The summed E-state index contributed by atoms with van der Waals surface area (Å²) in [7, 11) is 0. The zero-order valence-corrected chi connectivity index (χ0v) is 7.77. The third-order valence-corrected chi connectivity index (χ3v) is 2.38. The van der Waals surface area contributed by atoms with Crippen molar-refractivity contribution in [1.29, 1.82) is 0 Å². The third-order valence-electron chi connectivity index (χ3n) is 2.38. The molecule has 0 radical (unpaired) electrons. The maximum atomic E-state index is 8.39. The van der Waals surface area contributed by atoms with Crippen molar-refractivity contribution in [2.24, 2.45) is 5.16 Å². The van der Waals surface area contributed by atoms with E-state index in [4.69, 9.17) is 9.62 Å². The monoisotopic (exact) mass is 200 g/mol. The number of H-pyrrole nitrogens is 1. The second-order valence-electron chi connectivity index (χ2n) is 3.31. The highest BCUT2D eigenvalue weighted by atomic mass is 16.4. The summed E-state index contributed by atoms with van der Waals surface area (Å²) in [6.07, 6.45) is 1.27. The van der Waals surface area contributed by atoms with E-state index in [1.165, 1.54) is 6.21 Å². The van der Waals surface area contributed by atoms with Crippen LogP contribution in [0.25, 0.3) is 22.0 Å². The number of para-hydroxylation sites is 1. The number of benzene rings is 1. The largest absolute Gasteiger partial charge is 0.453 e. The van der Waals surface area contributed by atoms with E-state index in [0.717, 1.165) is 22.0 Å². The minimum absolute atomic E-state index is 0.532. The number of aromatic amines is 1. The quantitative estimate of drug-likeness (QED) is 0.360. The first-order chi connectivity index (χ1) is 7.38. The molecule has 0 aliphatic carbocycles. The molecule has 0 spiro atoms. The minimum Gasteiger partial charge on any atom is -0.453 e. The Bertz CT molecular complexity index is 649. The van der Waals surface area contributed by atoms with Gasteiger partial charge in [0, 0.05) is 17.0 Å². The van der Waals surface area contributed by atoms with Crippen LogP contribution in [-0.4, -0.2) is 16.4 Å². The van der Waals surface area contributed by atoms with Crippen molar-refractivity contribution in [1.82, 2.24) is 4.98 Å². The number of hydrogen-bond acceptors (Lipinski definition) is 3. The van der Waals surface area contributed by atoms with Gasteiger partial charge in [-0.25, -0.2) is 0 Å². The van der Waals surface area contributed by atoms with E-state index in [-0.39, 0.29) is 0 Å². The summed E-state index contributed by atoms with van der Waals surface area (Å²) in [5.41, 5.74) is 2.74. The molecule has 4 heteroatoms. The van der Waals surface area contributed by atoms with Gasteiger partial charge < -0.3 is 14.6 Å². The summed E-state index contributed by atoms with van der Waals surface area (Å²) >= 11 is 0. The van der Waals surface area contributed by atoms with Crippen LogP contribution < -0.4 is 0 Å². The number of rotatable bonds is 1. The fourth-order valence-corrected chi connectivity index (χ4v) is 1.76. The smallest absolute Gasteiger partial charge is 0.160 e. The highest BCUT2D eigenvalue weighted by Gasteiger charge is 2.08. The molecule has 2 N–H and O–H groups in total. The molecule has 0 saturated carbocycles. The first kappa shape index (κ1) is 8.11. The molecule has 15 heavy (non-hydrogen) atoms. The Hall–Kier alpha value is -2.23. The van der Waals surface area contributed by atoms with Crippen LogP contribution in [0.3, 0.4) is 0 Å². The first-order valence-electron chi connectivity index (χ1n) is 4.56. The SMILES string of the molecule is O/N=C/c1cc2[nH]c3ccccc3c2o1. The summed E-state index contributed by atoms with van der Waals surface area (Å²) in [4.78, 5) is 3.22. The lowest BCUT2D eigenvalue weighted by atomic mass is 10.2. The summed E-state index contributed by atoms with van der Waals surface area (Å²) < 4.78 is 5.52. The highest BCUT2D eigenvalue weighted by Crippen LogP contribution is 2.27. The maximum Gasteiger partial charge on any atom is 0.160 e. The van der Waals surface area contributed by atoms with Gasteiger partial charge in [-0.1, -0.05) is 17.3 Å². The molecule has 0 fully saturated rings. The normalized spacial score (nSPS) is 12.0. The van der Waals surface area contributed by atoms with Crippen molar-refractivity contribution in [3.8, 4) is 0 Å². The highest BCUT2D eigenvalue weighted by molar-refractivity contribution is 6.05. The summed E-state index contributed by atoms with van der Waals surface area (Å²) in [6.45, 7) is 0. The third kappa shape index (κ3) is 1.11. The number of nitrogens with one attached hydrogen (secondary N) is 1. The van der Waals surface area contributed by atoms with E-state index >= 15 is 0 Å². The van der Waals surface area contributed by atoms with Gasteiger partial charge in [-0.05, 0) is 12.1 Å². The fraction of sp³-hybridized carbons (Fsp3) is 0. The first-order valence-corrected chi connectivity index (χ1v) is 4.56. The number of furan rings is 1. The zero-order chi connectivity index (χ0) is 10.3. The lowest BCUT2D eigenvalue weighted by Crippen LogP contribution is -1.73. The zero-order valence-electron chi connectivity index (χ0n) is 7.77. The topological polar surface area (TPSA) is 61.5 Å². The number of nitrogens with zero attached hydrogens (tertiary/aromatic N) is 1. The Balaban J connectivity index is 2.37. The Morgan fingerprint density at radius 1 is 1.27 bits per heavy atom. The molecule has 0 aliphatic heterocycles. The standard InChI is InChI=1S/C11H8N2O2/c14-12-6-7-5-10-11(15-7)8-3-1-2-4-9(8)13-10/h1-6,13-14H/b12-6+. The number of aromatic nitrogens is 1. The van der Waals surface area contributed by atoms with Crippen LogP contribution in [0.1, 0.15) is 5.76 Å². The van der Waals surface area contributed by atoms with Gasteiger partial charge in [-0.3, -0.25) is 0 Å². The van der Waals surface area contributed by atoms with Gasteiger partial charge >= 0.3 is 0 Å². The maximum absolute atomic E-state index is 8.39. The molecule has 0 aliphatic rings. The Kier molecular flexibility index (Phi) is 1.56. The molecule has 3 rings (SSSR count). The predicted octanol–water partition coefficient (Wildman–Crippen LogP) is 2.72. The second kappa shape index (κ2) is 2.88. The lowest BCUT2D eigenvalue weighted by molar-refractivity contribution is 0.321. The van der Waals surface area contributed by atoms with Crippen LogP contribution in [0.2, 0.25) is 0 Å². The molecule has 0 unspecified atom stereocenters. The van der Waals surface area contributed by atoms with Crippen LogP contribution in [0, 0.1) is 0 Å². The Morgan fingerprint density at radius 2 is 2.13 bits per heavy atom. The van der Waals surface area contributed by atoms with Crippen molar-refractivity contribution in [3.63, 3.8) is 0 Å². The van der Waals surface area contributed by atoms with Gasteiger partial charge in [0.05, 0.1) is 5.52 Å². The fourth-order valence-electron chi connectivity index (χ4n) is 1.76. The van der Waals surface area contributed by atoms with Crippen LogP contribution in [0.15, 0.2) is 39.9 Å². The van der Waals surface area contributed by atoms with E-state index in [9.17, 15) is 0 Å². The molecule has 1 aromatic carbocycles. The second-order valence-corrected chi connectivity index (χ2v) is 3.31. The van der Waals surface area contributed by atoms with Gasteiger partial charge in [0.1, 0.15) is 6.21 Å². The predicted molar refractivity (Wildman–Crippen MR) is 57.5 cm³/mol. The molecule has 0 bridgehead atoms. The molecule has 74 valence electrons.